The van der Waals surface area contributed by atoms with Gasteiger partial charge < -0.3 is 8.98 Å². The van der Waals surface area contributed by atoms with Gasteiger partial charge in [0.1, 0.15) is 5.69 Å². The second-order valence-corrected chi connectivity index (χ2v) is 10.4. The van der Waals surface area contributed by atoms with Crippen LogP contribution < -0.4 is 0 Å². The van der Waals surface area contributed by atoms with Crippen LogP contribution in [0.15, 0.2) is 138 Å². The molecule has 7 nitrogen and oxygen atoms in total. The normalized spacial score (nSPS) is 11.7. The van der Waals surface area contributed by atoms with E-state index in [2.05, 4.69) is 90.8 Å². The second kappa shape index (κ2) is 9.22. The van der Waals surface area contributed by atoms with Crippen molar-refractivity contribution in [2.24, 2.45) is 0 Å². The van der Waals surface area contributed by atoms with Gasteiger partial charge in [-0.05, 0) is 60.7 Å². The van der Waals surface area contributed by atoms with Crippen LogP contribution in [0, 0.1) is 0 Å². The van der Waals surface area contributed by atoms with Crippen LogP contribution >= 0.6 is 0 Å². The van der Waals surface area contributed by atoms with Crippen LogP contribution in [0.3, 0.4) is 0 Å². The lowest BCUT2D eigenvalue weighted by molar-refractivity contribution is 0.552. The zero-order valence-electron chi connectivity index (χ0n) is 22.8. The third-order valence-electron chi connectivity index (χ3n) is 7.98. The predicted molar refractivity (Wildman–Crippen MR) is 169 cm³/mol. The summed E-state index contributed by atoms with van der Waals surface area (Å²) < 4.78 is 11.1. The minimum absolute atomic E-state index is 0.441. The molecule has 0 N–H and O–H groups in total. The summed E-state index contributed by atoms with van der Waals surface area (Å²) >= 11 is 0. The molecule has 0 saturated heterocycles. The number of aromatic nitrogens is 6. The van der Waals surface area contributed by atoms with Gasteiger partial charge in [0, 0.05) is 40.1 Å². The first-order chi connectivity index (χ1) is 21.4. The van der Waals surface area contributed by atoms with Gasteiger partial charge in [0.2, 0.25) is 11.8 Å². The first-order valence-corrected chi connectivity index (χ1v) is 14.1. The Morgan fingerprint density at radius 2 is 1.14 bits per heavy atom. The molecular weight excluding hydrogens is 532 g/mol. The molecule has 43 heavy (non-hydrogen) atoms. The number of hydrogen-bond donors (Lipinski definition) is 0. The molecule has 6 aromatic heterocycles. The number of nitrogens with zero attached hydrogens (tertiary/aromatic N) is 6. The van der Waals surface area contributed by atoms with Gasteiger partial charge >= 0.3 is 0 Å². The summed E-state index contributed by atoms with van der Waals surface area (Å²) in [6, 6.07) is 37.0. The summed E-state index contributed by atoms with van der Waals surface area (Å²) in [6.07, 6.45) is 7.23. The Bertz CT molecular complexity index is 2440. The van der Waals surface area contributed by atoms with Crippen LogP contribution in [0.25, 0.3) is 78.2 Å². The van der Waals surface area contributed by atoms with Gasteiger partial charge in [0.15, 0.2) is 5.69 Å². The topological polar surface area (TPSA) is 74.6 Å². The van der Waals surface area contributed by atoms with Crippen LogP contribution in [0.1, 0.15) is 0 Å². The fraction of sp³-hybridized carbons (Fsp3) is 0. The molecule has 7 heteroatoms. The number of oxazole rings is 1. The first-order valence-electron chi connectivity index (χ1n) is 14.1. The monoisotopic (exact) mass is 554 g/mol. The number of para-hydroxylation sites is 2. The quantitative estimate of drug-likeness (QED) is 0.218. The highest BCUT2D eigenvalue weighted by molar-refractivity contribution is 6.28. The average molecular weight is 555 g/mol. The molecule has 9 aromatic rings. The molecule has 0 aliphatic rings. The van der Waals surface area contributed by atoms with Crippen molar-refractivity contribution in [3.05, 3.63) is 134 Å². The fourth-order valence-corrected chi connectivity index (χ4v) is 6.23. The molecule has 0 aliphatic carbocycles. The summed E-state index contributed by atoms with van der Waals surface area (Å²) in [4.78, 5) is 18.5. The van der Waals surface area contributed by atoms with Gasteiger partial charge in [-0.2, -0.15) is 0 Å². The van der Waals surface area contributed by atoms with Crippen molar-refractivity contribution >= 4 is 43.6 Å². The SMILES string of the molecule is c1ccc(-c2nc(-c3ccccn3)c(-n3c4ccccc4c4c5c6ccccc6n(-c6cccnc6)c5ccc43)o2)nc1. The Morgan fingerprint density at radius 3 is 1.79 bits per heavy atom. The van der Waals surface area contributed by atoms with Crippen molar-refractivity contribution < 1.29 is 4.42 Å². The Morgan fingerprint density at radius 1 is 0.512 bits per heavy atom. The Hall–Kier alpha value is -6.08. The van der Waals surface area contributed by atoms with E-state index in [1.54, 1.807) is 18.6 Å². The Kier molecular flexibility index (Phi) is 5.06. The molecule has 0 fully saturated rings. The maximum atomic E-state index is 6.63. The standard InChI is InChI=1S/C36H22N6O/c1-3-15-28-24(11-1)32-30(41(28)23-10-9-19-37-22-23)17-18-31-33(32)25-12-2-4-16-29(25)42(31)36-34(26-13-5-7-20-38-26)40-35(43-36)27-14-6-8-21-39-27/h1-22H. The van der Waals surface area contributed by atoms with E-state index in [4.69, 9.17) is 9.40 Å². The lowest BCUT2D eigenvalue weighted by Gasteiger charge is -2.08. The highest BCUT2D eigenvalue weighted by Gasteiger charge is 2.25. The molecule has 0 amide bonds. The maximum Gasteiger partial charge on any atom is 0.248 e. The highest BCUT2D eigenvalue weighted by atomic mass is 16.4. The van der Waals surface area contributed by atoms with Crippen molar-refractivity contribution in [3.63, 3.8) is 0 Å². The number of fused-ring (bicyclic) bond motifs is 7. The molecule has 0 atom stereocenters. The van der Waals surface area contributed by atoms with Gasteiger partial charge in [-0.3, -0.25) is 19.5 Å². The number of rotatable bonds is 4. The largest absolute Gasteiger partial charge is 0.417 e. The molecule has 0 spiro atoms. The van der Waals surface area contributed by atoms with Gasteiger partial charge in [-0.25, -0.2) is 4.98 Å². The summed E-state index contributed by atoms with van der Waals surface area (Å²) in [6.45, 7) is 0. The van der Waals surface area contributed by atoms with Crippen molar-refractivity contribution in [2.75, 3.05) is 0 Å². The highest BCUT2D eigenvalue weighted by Crippen LogP contribution is 2.43. The number of hydrogen-bond acceptors (Lipinski definition) is 5. The molecule has 0 radical (unpaired) electrons. The molecule has 0 unspecified atom stereocenters. The first kappa shape index (κ1) is 23.6. The van der Waals surface area contributed by atoms with Crippen LogP contribution in [-0.4, -0.2) is 29.1 Å². The van der Waals surface area contributed by atoms with E-state index in [9.17, 15) is 0 Å². The number of benzene rings is 3. The minimum Gasteiger partial charge on any atom is -0.417 e. The average Bonchev–Trinajstić information content (AvgIpc) is 3.76. The molecule has 0 bridgehead atoms. The predicted octanol–water partition coefficient (Wildman–Crippen LogP) is 8.39. The molecule has 3 aromatic carbocycles. The summed E-state index contributed by atoms with van der Waals surface area (Å²) in [5.41, 5.74) is 7.33. The second-order valence-electron chi connectivity index (χ2n) is 10.4. The third-order valence-corrected chi connectivity index (χ3v) is 7.98. The maximum absolute atomic E-state index is 6.63. The fourth-order valence-electron chi connectivity index (χ4n) is 6.23. The molecular formula is C36H22N6O. The lowest BCUT2D eigenvalue weighted by Crippen LogP contribution is -1.96. The van der Waals surface area contributed by atoms with Crippen molar-refractivity contribution in [1.29, 1.82) is 0 Å². The smallest absolute Gasteiger partial charge is 0.248 e. The summed E-state index contributed by atoms with van der Waals surface area (Å²) in [7, 11) is 0. The minimum atomic E-state index is 0.441. The van der Waals surface area contributed by atoms with E-state index in [0.29, 0.717) is 23.2 Å². The molecule has 202 valence electrons. The Balaban J connectivity index is 1.43. The van der Waals surface area contributed by atoms with Crippen molar-refractivity contribution in [1.82, 2.24) is 29.1 Å². The molecule has 0 saturated carbocycles. The van der Waals surface area contributed by atoms with E-state index >= 15 is 0 Å². The zero-order valence-corrected chi connectivity index (χ0v) is 22.8. The van der Waals surface area contributed by atoms with Crippen LogP contribution in [0.5, 0.6) is 0 Å². The molecule has 0 aliphatic heterocycles. The number of pyridine rings is 3. The molecule has 9 rings (SSSR count). The lowest BCUT2D eigenvalue weighted by atomic mass is 10.1. The van der Waals surface area contributed by atoms with Crippen LogP contribution in [0.2, 0.25) is 0 Å². The van der Waals surface area contributed by atoms with Gasteiger partial charge in [-0.15, -0.1) is 0 Å². The van der Waals surface area contributed by atoms with Gasteiger partial charge in [-0.1, -0.05) is 48.5 Å². The van der Waals surface area contributed by atoms with E-state index in [1.165, 1.54) is 10.8 Å². The van der Waals surface area contributed by atoms with E-state index in [-0.39, 0.29) is 0 Å². The summed E-state index contributed by atoms with van der Waals surface area (Å²) in [5, 5.41) is 4.62. The third kappa shape index (κ3) is 3.48. The zero-order chi connectivity index (χ0) is 28.3. The van der Waals surface area contributed by atoms with E-state index in [0.717, 1.165) is 44.2 Å². The van der Waals surface area contributed by atoms with Gasteiger partial charge in [0.05, 0.1) is 39.6 Å². The van der Waals surface area contributed by atoms with Crippen molar-refractivity contribution in [2.45, 2.75) is 0 Å². The van der Waals surface area contributed by atoms with Crippen LogP contribution in [-0.2, 0) is 0 Å². The van der Waals surface area contributed by atoms with Gasteiger partial charge in [0.25, 0.3) is 0 Å². The van der Waals surface area contributed by atoms with E-state index < -0.39 is 0 Å². The summed E-state index contributed by atoms with van der Waals surface area (Å²) in [5.74, 6) is 1.04. The molecule has 6 heterocycles. The van der Waals surface area contributed by atoms with Crippen molar-refractivity contribution in [3.8, 4) is 34.5 Å². The van der Waals surface area contributed by atoms with Crippen LogP contribution in [0.4, 0.5) is 0 Å². The Labute approximate surface area is 245 Å². The van der Waals surface area contributed by atoms with E-state index in [1.807, 2.05) is 48.7 Å².